The molecule has 2 N–H and O–H groups in total. The normalized spacial score (nSPS) is 14.3. The molecule has 3 aromatic rings. The topological polar surface area (TPSA) is 101 Å². The van der Waals surface area contributed by atoms with Gasteiger partial charge in [-0.3, -0.25) is 9.48 Å². The first-order chi connectivity index (χ1) is 14.6. The molecule has 158 valence electrons. The summed E-state index contributed by atoms with van der Waals surface area (Å²) in [7, 11) is 1.91. The van der Waals surface area contributed by atoms with Crippen LogP contribution in [0.5, 0.6) is 0 Å². The molecule has 30 heavy (non-hydrogen) atoms. The first-order valence-electron chi connectivity index (χ1n) is 10.6. The smallest absolute Gasteiger partial charge is 0.228 e. The van der Waals surface area contributed by atoms with Crippen LogP contribution in [0.3, 0.4) is 0 Å². The molecule has 1 aliphatic heterocycles. The van der Waals surface area contributed by atoms with Gasteiger partial charge in [-0.05, 0) is 18.6 Å². The van der Waals surface area contributed by atoms with E-state index in [1.807, 2.05) is 30.8 Å². The standard InChI is InChI=1S/C21H28N8O/c1-4-7-15-18-19(28(3)27-15)20(26-21(25-18)29-12-10-22-11-13-29)24-17-9-6-8-14(23-17)16(30)5-2/h6,8-9,22H,4-5,7,10-13H2,1-3H3,(H,23,24,25,26). The minimum absolute atomic E-state index is 0.0127. The molecule has 0 saturated carbocycles. The van der Waals surface area contributed by atoms with Crippen LogP contribution in [0.1, 0.15) is 42.9 Å². The highest BCUT2D eigenvalue weighted by Gasteiger charge is 2.21. The predicted molar refractivity (Wildman–Crippen MR) is 118 cm³/mol. The zero-order valence-electron chi connectivity index (χ0n) is 17.8. The number of carbonyl (C=O) groups is 1. The summed E-state index contributed by atoms with van der Waals surface area (Å²) in [5.41, 5.74) is 3.13. The largest absolute Gasteiger partial charge is 0.338 e. The van der Waals surface area contributed by atoms with Crippen LogP contribution in [-0.2, 0) is 13.5 Å². The number of ketones is 1. The van der Waals surface area contributed by atoms with Crippen LogP contribution in [0.4, 0.5) is 17.6 Å². The summed E-state index contributed by atoms with van der Waals surface area (Å²) < 4.78 is 1.82. The molecule has 0 aromatic carbocycles. The van der Waals surface area contributed by atoms with Crippen molar-refractivity contribution in [3.8, 4) is 0 Å². The van der Waals surface area contributed by atoms with Crippen molar-refractivity contribution in [2.75, 3.05) is 36.4 Å². The van der Waals surface area contributed by atoms with E-state index in [-0.39, 0.29) is 5.78 Å². The Bertz CT molecular complexity index is 1050. The summed E-state index contributed by atoms with van der Waals surface area (Å²) >= 11 is 0. The molecular weight excluding hydrogens is 380 g/mol. The number of carbonyl (C=O) groups excluding carboxylic acids is 1. The SMILES string of the molecule is CCCc1nn(C)c2c(Nc3cccc(C(=O)CC)n3)nc(N3CCNCC3)nc12. The zero-order valence-corrected chi connectivity index (χ0v) is 17.8. The van der Waals surface area contributed by atoms with Gasteiger partial charge in [-0.1, -0.05) is 26.3 Å². The molecule has 4 heterocycles. The van der Waals surface area contributed by atoms with E-state index in [9.17, 15) is 4.79 Å². The van der Waals surface area contributed by atoms with Crippen molar-refractivity contribution in [3.63, 3.8) is 0 Å². The number of aromatic nitrogens is 5. The highest BCUT2D eigenvalue weighted by Crippen LogP contribution is 2.28. The third-order valence-corrected chi connectivity index (χ3v) is 5.23. The van der Waals surface area contributed by atoms with Gasteiger partial charge >= 0.3 is 0 Å². The maximum Gasteiger partial charge on any atom is 0.228 e. The molecule has 0 unspecified atom stereocenters. The Morgan fingerprint density at radius 3 is 2.70 bits per heavy atom. The molecule has 0 amide bonds. The average Bonchev–Trinajstić information content (AvgIpc) is 3.09. The van der Waals surface area contributed by atoms with Crippen molar-refractivity contribution in [2.45, 2.75) is 33.1 Å². The molecule has 1 aliphatic rings. The van der Waals surface area contributed by atoms with Crippen LogP contribution >= 0.6 is 0 Å². The molecule has 0 aliphatic carbocycles. The Morgan fingerprint density at radius 1 is 1.17 bits per heavy atom. The lowest BCUT2D eigenvalue weighted by molar-refractivity contribution is 0.0983. The number of fused-ring (bicyclic) bond motifs is 1. The second-order valence-electron chi connectivity index (χ2n) is 7.44. The summed E-state index contributed by atoms with van der Waals surface area (Å²) in [5, 5.41) is 11.4. The molecule has 9 heteroatoms. The van der Waals surface area contributed by atoms with E-state index in [4.69, 9.17) is 15.1 Å². The second-order valence-corrected chi connectivity index (χ2v) is 7.44. The van der Waals surface area contributed by atoms with E-state index in [1.54, 1.807) is 6.07 Å². The minimum atomic E-state index is 0.0127. The lowest BCUT2D eigenvalue weighted by Crippen LogP contribution is -2.44. The van der Waals surface area contributed by atoms with Crippen LogP contribution < -0.4 is 15.5 Å². The molecule has 1 saturated heterocycles. The molecule has 0 radical (unpaired) electrons. The first-order valence-corrected chi connectivity index (χ1v) is 10.6. The lowest BCUT2D eigenvalue weighted by atomic mass is 10.2. The Hall–Kier alpha value is -3.07. The highest BCUT2D eigenvalue weighted by molar-refractivity contribution is 5.95. The molecule has 9 nitrogen and oxygen atoms in total. The van der Waals surface area contributed by atoms with Gasteiger partial charge in [0.15, 0.2) is 11.6 Å². The summed E-state index contributed by atoms with van der Waals surface area (Å²) in [5.74, 6) is 1.94. The minimum Gasteiger partial charge on any atom is -0.338 e. The summed E-state index contributed by atoms with van der Waals surface area (Å²) in [6.07, 6.45) is 2.27. The fraction of sp³-hybridized carbons (Fsp3) is 0.476. The first kappa shape index (κ1) is 20.2. The maximum absolute atomic E-state index is 12.1. The Balaban J connectivity index is 1.80. The monoisotopic (exact) mass is 408 g/mol. The number of rotatable bonds is 7. The summed E-state index contributed by atoms with van der Waals surface area (Å²) in [6, 6.07) is 5.41. The van der Waals surface area contributed by atoms with Crippen molar-refractivity contribution in [3.05, 3.63) is 29.6 Å². The Kier molecular flexibility index (Phi) is 5.89. The van der Waals surface area contributed by atoms with Gasteiger partial charge in [0, 0.05) is 39.6 Å². The van der Waals surface area contributed by atoms with Crippen LogP contribution in [0.2, 0.25) is 0 Å². The molecule has 0 atom stereocenters. The molecular formula is C21H28N8O. The third kappa shape index (κ3) is 3.97. The summed E-state index contributed by atoms with van der Waals surface area (Å²) in [6.45, 7) is 7.49. The zero-order chi connectivity index (χ0) is 21.1. The van der Waals surface area contributed by atoms with Gasteiger partial charge in [0.05, 0.1) is 5.69 Å². The number of anilines is 3. The number of Topliss-reactive ketones (excluding diaryl/α,β-unsaturated/α-hetero) is 1. The van der Waals surface area contributed by atoms with Crippen molar-refractivity contribution in [1.29, 1.82) is 0 Å². The van der Waals surface area contributed by atoms with E-state index in [0.29, 0.717) is 29.7 Å². The number of nitrogens with one attached hydrogen (secondary N) is 2. The third-order valence-electron chi connectivity index (χ3n) is 5.23. The van der Waals surface area contributed by atoms with Crippen LogP contribution in [0.25, 0.3) is 11.0 Å². The van der Waals surface area contributed by atoms with Crippen molar-refractivity contribution < 1.29 is 4.79 Å². The van der Waals surface area contributed by atoms with Gasteiger partial charge in [-0.2, -0.15) is 10.1 Å². The predicted octanol–water partition coefficient (Wildman–Crippen LogP) is 2.46. The van der Waals surface area contributed by atoms with Crippen molar-refractivity contribution in [2.24, 2.45) is 7.05 Å². The van der Waals surface area contributed by atoms with E-state index in [0.717, 1.165) is 55.7 Å². The average molecular weight is 409 g/mol. The van der Waals surface area contributed by atoms with E-state index >= 15 is 0 Å². The number of hydrogen-bond acceptors (Lipinski definition) is 8. The van der Waals surface area contributed by atoms with Crippen LogP contribution in [0, 0.1) is 0 Å². The van der Waals surface area contributed by atoms with Crippen LogP contribution in [0.15, 0.2) is 18.2 Å². The number of piperazine rings is 1. The molecule has 4 rings (SSSR count). The number of aryl methyl sites for hydroxylation is 2. The molecule has 0 spiro atoms. The van der Waals surface area contributed by atoms with Crippen molar-refractivity contribution in [1.82, 2.24) is 30.0 Å². The van der Waals surface area contributed by atoms with Crippen molar-refractivity contribution >= 4 is 34.4 Å². The Labute approximate surface area is 175 Å². The van der Waals surface area contributed by atoms with Gasteiger partial charge in [0.1, 0.15) is 22.5 Å². The van der Waals surface area contributed by atoms with Gasteiger partial charge in [-0.25, -0.2) is 9.97 Å². The van der Waals surface area contributed by atoms with Gasteiger partial charge < -0.3 is 15.5 Å². The van der Waals surface area contributed by atoms with Gasteiger partial charge in [0.25, 0.3) is 0 Å². The molecule has 1 fully saturated rings. The quantitative estimate of drug-likeness (QED) is 0.575. The Morgan fingerprint density at radius 2 is 1.97 bits per heavy atom. The van der Waals surface area contributed by atoms with E-state index in [1.165, 1.54) is 0 Å². The number of hydrogen-bond donors (Lipinski definition) is 2. The van der Waals surface area contributed by atoms with E-state index < -0.39 is 0 Å². The fourth-order valence-electron chi connectivity index (χ4n) is 3.69. The highest BCUT2D eigenvalue weighted by atomic mass is 16.1. The number of nitrogens with zero attached hydrogens (tertiary/aromatic N) is 6. The van der Waals surface area contributed by atoms with Gasteiger partial charge in [0.2, 0.25) is 5.95 Å². The molecule has 0 bridgehead atoms. The molecule has 3 aromatic heterocycles. The summed E-state index contributed by atoms with van der Waals surface area (Å²) in [4.78, 5) is 28.5. The van der Waals surface area contributed by atoms with Crippen LogP contribution in [-0.4, -0.2) is 56.7 Å². The fourth-order valence-corrected chi connectivity index (χ4v) is 3.69. The van der Waals surface area contributed by atoms with E-state index in [2.05, 4.69) is 27.4 Å². The second kappa shape index (κ2) is 8.74. The lowest BCUT2D eigenvalue weighted by Gasteiger charge is -2.27. The number of pyridine rings is 1. The van der Waals surface area contributed by atoms with Gasteiger partial charge in [-0.15, -0.1) is 0 Å². The maximum atomic E-state index is 12.1.